The van der Waals surface area contributed by atoms with Gasteiger partial charge in [0.2, 0.25) is 0 Å². The van der Waals surface area contributed by atoms with Gasteiger partial charge in [0.1, 0.15) is 0 Å². The van der Waals surface area contributed by atoms with Gasteiger partial charge < -0.3 is 39.5 Å². The van der Waals surface area contributed by atoms with E-state index in [-0.39, 0.29) is 86.1 Å². The van der Waals surface area contributed by atoms with Crippen LogP contribution in [-0.2, 0) is 32.3 Å². The van der Waals surface area contributed by atoms with Crippen LogP contribution < -0.4 is 10.2 Å². The van der Waals surface area contributed by atoms with E-state index in [0.29, 0.717) is 26.1 Å². The van der Waals surface area contributed by atoms with E-state index in [4.69, 9.17) is 9.47 Å². The van der Waals surface area contributed by atoms with Gasteiger partial charge in [-0.15, -0.1) is 0 Å². The quantitative estimate of drug-likeness (QED) is 0.0501. The number of aliphatic hydroxyl groups is 2. The number of hydrogen-bond acceptors (Lipinski definition) is 8. The minimum Gasteiger partial charge on any atom is -0.550 e. The number of hydrogen-bond donors (Lipinski definition) is 2. The van der Waals surface area contributed by atoms with Crippen LogP contribution in [0.3, 0.4) is 0 Å². The first-order valence-electron chi connectivity index (χ1n) is 23.3. The summed E-state index contributed by atoms with van der Waals surface area (Å²) in [7, 11) is 0. The molecular formula is C50H82BaO8. The minimum absolute atomic E-state index is 0. The van der Waals surface area contributed by atoms with Gasteiger partial charge in [-0.25, -0.2) is 0 Å². The van der Waals surface area contributed by atoms with E-state index < -0.39 is 11.9 Å². The zero-order chi connectivity index (χ0) is 42.3. The summed E-state index contributed by atoms with van der Waals surface area (Å²) in [4.78, 5) is 21.2. The van der Waals surface area contributed by atoms with Gasteiger partial charge in [0.25, 0.3) is 0 Å². The Morgan fingerprint density at radius 2 is 0.746 bits per heavy atom. The third-order valence-corrected chi connectivity index (χ3v) is 10.9. The molecule has 0 saturated carbocycles. The molecule has 2 aromatic rings. The number of aliphatic hydroxyl groups excluding tert-OH is 2. The normalized spacial score (nSPS) is 13.1. The number of carboxylic acids is 2. The van der Waals surface area contributed by atoms with E-state index >= 15 is 0 Å². The number of carbonyl (C=O) groups excluding carboxylic acids is 2. The third kappa shape index (κ3) is 38.2. The fraction of sp³-hybridized carbons (Fsp3) is 0.720. The standard InChI is InChI=1S/2C25H42O4.Ba/c2*1-2-3-7-16-23(26)17-10-4-5-11-18-24(19-12-13-20-25(27)28)29-21-22-14-8-6-9-15-22;/h2*6,8-9,14-15,23-24,26H,2-5,7,10-13,16-21H2,1H3,(H,27,28);/q;;+2/p-2. The zero-order valence-corrected chi connectivity index (χ0v) is 41.8. The van der Waals surface area contributed by atoms with Crippen molar-refractivity contribution in [3.63, 3.8) is 0 Å². The molecule has 0 aliphatic rings. The van der Waals surface area contributed by atoms with E-state index in [1.54, 1.807) is 0 Å². The molecular weight excluding hydrogens is 866 g/mol. The second-order valence-corrected chi connectivity index (χ2v) is 16.4. The van der Waals surface area contributed by atoms with Crippen molar-refractivity contribution in [2.24, 2.45) is 0 Å². The van der Waals surface area contributed by atoms with Gasteiger partial charge in [-0.3, -0.25) is 0 Å². The van der Waals surface area contributed by atoms with Crippen molar-refractivity contribution in [3.05, 3.63) is 71.8 Å². The molecule has 0 heterocycles. The monoisotopic (exact) mass is 949 g/mol. The summed E-state index contributed by atoms with van der Waals surface area (Å²) < 4.78 is 12.3. The predicted molar refractivity (Wildman–Crippen MR) is 238 cm³/mol. The summed E-state index contributed by atoms with van der Waals surface area (Å²) in [5, 5.41) is 41.2. The molecule has 8 nitrogen and oxygen atoms in total. The Morgan fingerprint density at radius 3 is 1.05 bits per heavy atom. The van der Waals surface area contributed by atoms with Crippen LogP contribution in [0.25, 0.3) is 0 Å². The Hall–Kier alpha value is -1.21. The molecule has 4 unspecified atom stereocenters. The summed E-state index contributed by atoms with van der Waals surface area (Å²) in [6.45, 7) is 5.59. The first-order chi connectivity index (χ1) is 28.2. The maximum absolute atomic E-state index is 10.6. The average Bonchev–Trinajstić information content (AvgIpc) is 3.22. The Kier molecular flexibility index (Phi) is 41.2. The van der Waals surface area contributed by atoms with Crippen molar-refractivity contribution in [2.45, 2.75) is 231 Å². The number of unbranched alkanes of at least 4 members (excludes halogenated alkanes) is 12. The second kappa shape index (κ2) is 42.1. The zero-order valence-electron chi connectivity index (χ0n) is 37.3. The first-order valence-corrected chi connectivity index (χ1v) is 23.3. The number of carboxylic acid groups (broad SMARTS) is 2. The van der Waals surface area contributed by atoms with Crippen molar-refractivity contribution >= 4 is 60.8 Å². The van der Waals surface area contributed by atoms with Crippen LogP contribution in [-0.4, -0.2) is 95.4 Å². The van der Waals surface area contributed by atoms with Gasteiger partial charge in [-0.05, 0) is 88.2 Å². The molecule has 0 saturated heterocycles. The van der Waals surface area contributed by atoms with Crippen molar-refractivity contribution in [2.75, 3.05) is 0 Å². The molecule has 2 N–H and O–H groups in total. The SMILES string of the molecule is CCCCCC(O)CCCCCCC(CCCCC(=O)[O-])OCc1ccccc1.CCCCCC(O)CCCCCCC(CCCCC(=O)[O-])OCc1ccccc1.[Ba+2]. The number of rotatable bonds is 38. The molecule has 0 bridgehead atoms. The number of aliphatic carboxylic acids is 2. The van der Waals surface area contributed by atoms with Crippen molar-refractivity contribution in [1.82, 2.24) is 0 Å². The van der Waals surface area contributed by atoms with Crippen LogP contribution in [0.2, 0.25) is 0 Å². The Morgan fingerprint density at radius 1 is 0.458 bits per heavy atom. The number of carbonyl (C=O) groups is 2. The van der Waals surface area contributed by atoms with Gasteiger partial charge in [0.05, 0.1) is 37.6 Å². The number of ether oxygens (including phenoxy) is 2. The molecule has 4 atom stereocenters. The van der Waals surface area contributed by atoms with Gasteiger partial charge in [-0.2, -0.15) is 0 Å². The summed E-state index contributed by atoms with van der Waals surface area (Å²) in [5.41, 5.74) is 2.34. The van der Waals surface area contributed by atoms with Crippen molar-refractivity contribution in [1.29, 1.82) is 0 Å². The fourth-order valence-electron chi connectivity index (χ4n) is 7.24. The predicted octanol–water partition coefficient (Wildman–Crippen LogP) is 9.95. The van der Waals surface area contributed by atoms with E-state index in [0.717, 1.165) is 128 Å². The Balaban J connectivity index is 0.00000112. The van der Waals surface area contributed by atoms with Gasteiger partial charge >= 0.3 is 48.9 Å². The molecule has 59 heavy (non-hydrogen) atoms. The summed E-state index contributed by atoms with van der Waals surface area (Å²) in [6, 6.07) is 20.3. The molecule has 0 aliphatic heterocycles. The molecule has 332 valence electrons. The fourth-order valence-corrected chi connectivity index (χ4v) is 7.24. The maximum atomic E-state index is 10.6. The largest absolute Gasteiger partial charge is 2.00 e. The van der Waals surface area contributed by atoms with Gasteiger partial charge in [0.15, 0.2) is 0 Å². The molecule has 0 aliphatic carbocycles. The Labute approximate surface area is 400 Å². The van der Waals surface area contributed by atoms with Crippen molar-refractivity contribution < 1.29 is 39.5 Å². The van der Waals surface area contributed by atoms with Gasteiger partial charge in [0, 0.05) is 11.9 Å². The second-order valence-electron chi connectivity index (χ2n) is 16.4. The van der Waals surface area contributed by atoms with Crippen LogP contribution in [0.5, 0.6) is 0 Å². The summed E-state index contributed by atoms with van der Waals surface area (Å²) in [6.07, 6.45) is 27.1. The summed E-state index contributed by atoms with van der Waals surface area (Å²) in [5.74, 6) is -1.94. The molecule has 2 rings (SSSR count). The molecule has 0 amide bonds. The maximum Gasteiger partial charge on any atom is 2.00 e. The van der Waals surface area contributed by atoms with E-state index in [1.165, 1.54) is 36.8 Å². The minimum atomic E-state index is -0.969. The average molecular weight is 949 g/mol. The van der Waals surface area contributed by atoms with Crippen LogP contribution in [0.4, 0.5) is 0 Å². The summed E-state index contributed by atoms with van der Waals surface area (Å²) >= 11 is 0. The van der Waals surface area contributed by atoms with Crippen LogP contribution >= 0.6 is 0 Å². The first kappa shape index (κ1) is 57.8. The topological polar surface area (TPSA) is 139 Å². The van der Waals surface area contributed by atoms with E-state index in [2.05, 4.69) is 38.1 Å². The van der Waals surface area contributed by atoms with E-state index in [1.807, 2.05) is 36.4 Å². The molecule has 9 heteroatoms. The molecule has 0 fully saturated rings. The van der Waals surface area contributed by atoms with Gasteiger partial charge in [-0.1, -0.05) is 177 Å². The Bertz CT molecular complexity index is 1110. The molecule has 0 aromatic heterocycles. The number of benzene rings is 2. The van der Waals surface area contributed by atoms with Crippen molar-refractivity contribution in [3.8, 4) is 0 Å². The molecule has 2 aromatic carbocycles. The van der Waals surface area contributed by atoms with Crippen LogP contribution in [0, 0.1) is 0 Å². The van der Waals surface area contributed by atoms with Crippen LogP contribution in [0.15, 0.2) is 60.7 Å². The van der Waals surface area contributed by atoms with E-state index in [9.17, 15) is 30.0 Å². The third-order valence-electron chi connectivity index (χ3n) is 10.9. The molecule has 0 spiro atoms. The molecule has 0 radical (unpaired) electrons. The van der Waals surface area contributed by atoms with Crippen LogP contribution in [0.1, 0.15) is 205 Å². The smallest absolute Gasteiger partial charge is 0.550 e.